The van der Waals surface area contributed by atoms with Crippen molar-refractivity contribution >= 4 is 11.9 Å². The molecule has 3 aromatic rings. The molecule has 0 bridgehead atoms. The third-order valence-corrected chi connectivity index (χ3v) is 5.32. The van der Waals surface area contributed by atoms with Gasteiger partial charge < -0.3 is 14.2 Å². The van der Waals surface area contributed by atoms with Crippen molar-refractivity contribution in [2.75, 3.05) is 13.2 Å². The van der Waals surface area contributed by atoms with E-state index in [2.05, 4.69) is 19.1 Å². The predicted octanol–water partition coefficient (Wildman–Crippen LogP) is 6.65. The lowest BCUT2D eigenvalue weighted by molar-refractivity contribution is 0.0498. The Morgan fingerprint density at radius 3 is 2.24 bits per heavy atom. The van der Waals surface area contributed by atoms with E-state index in [0.29, 0.717) is 30.1 Å². The molecule has 0 aliphatic rings. The lowest BCUT2D eigenvalue weighted by Crippen LogP contribution is -2.10. The van der Waals surface area contributed by atoms with E-state index >= 15 is 0 Å². The average molecular weight is 461 g/mol. The molecule has 0 aliphatic heterocycles. The number of unbranched alkanes of at least 4 members (excludes halogenated alkanes) is 3. The topological polar surface area (TPSA) is 61.8 Å². The molecule has 0 fully saturated rings. The molecule has 0 aliphatic carbocycles. The van der Waals surface area contributed by atoms with Gasteiger partial charge in [0, 0.05) is 0 Å². The van der Waals surface area contributed by atoms with Gasteiger partial charge in [0.15, 0.2) is 0 Å². The number of hydrogen-bond acceptors (Lipinski definition) is 5. The Bertz CT molecular complexity index is 1030. The fourth-order valence-electron chi connectivity index (χ4n) is 3.43. The molecule has 178 valence electrons. The first kappa shape index (κ1) is 25.0. The summed E-state index contributed by atoms with van der Waals surface area (Å²) in [7, 11) is 0. The first-order valence-corrected chi connectivity index (χ1v) is 11.9. The van der Waals surface area contributed by atoms with Gasteiger partial charge in [0.1, 0.15) is 11.5 Å². The SMILES string of the molecule is CCCCCCOc1ccc(C(=O)Oc2cccc(C(=O)OCCCc3ccccc3)c2)cc1. The summed E-state index contributed by atoms with van der Waals surface area (Å²) in [5, 5.41) is 0. The van der Waals surface area contributed by atoms with Crippen LogP contribution >= 0.6 is 0 Å². The van der Waals surface area contributed by atoms with Gasteiger partial charge in [0.05, 0.1) is 24.3 Å². The molecule has 0 heterocycles. The van der Waals surface area contributed by atoms with E-state index in [1.54, 1.807) is 42.5 Å². The minimum Gasteiger partial charge on any atom is -0.494 e. The van der Waals surface area contributed by atoms with Gasteiger partial charge in [-0.05, 0) is 67.3 Å². The van der Waals surface area contributed by atoms with Gasteiger partial charge in [-0.25, -0.2) is 9.59 Å². The summed E-state index contributed by atoms with van der Waals surface area (Å²) in [4.78, 5) is 24.9. The van der Waals surface area contributed by atoms with Crippen LogP contribution in [0.25, 0.3) is 0 Å². The first-order valence-electron chi connectivity index (χ1n) is 11.9. The molecule has 0 unspecified atom stereocenters. The van der Waals surface area contributed by atoms with Crippen LogP contribution in [0.3, 0.4) is 0 Å². The molecule has 0 atom stereocenters. The number of ether oxygens (including phenoxy) is 3. The van der Waals surface area contributed by atoms with Gasteiger partial charge in [-0.3, -0.25) is 0 Å². The monoisotopic (exact) mass is 460 g/mol. The van der Waals surface area contributed by atoms with E-state index in [9.17, 15) is 9.59 Å². The zero-order valence-corrected chi connectivity index (χ0v) is 19.7. The fraction of sp³-hybridized carbons (Fsp3) is 0.310. The molecule has 3 aromatic carbocycles. The van der Waals surface area contributed by atoms with Crippen LogP contribution in [0.1, 0.15) is 65.3 Å². The van der Waals surface area contributed by atoms with Crippen molar-refractivity contribution in [3.63, 3.8) is 0 Å². The van der Waals surface area contributed by atoms with Gasteiger partial charge in [0.2, 0.25) is 0 Å². The van der Waals surface area contributed by atoms with Gasteiger partial charge in [0.25, 0.3) is 0 Å². The van der Waals surface area contributed by atoms with Crippen molar-refractivity contribution in [2.45, 2.75) is 45.4 Å². The van der Waals surface area contributed by atoms with Crippen molar-refractivity contribution in [3.05, 3.63) is 95.6 Å². The Hall–Kier alpha value is -3.60. The summed E-state index contributed by atoms with van der Waals surface area (Å²) < 4.78 is 16.5. The highest BCUT2D eigenvalue weighted by Crippen LogP contribution is 2.18. The number of benzene rings is 3. The standard InChI is InChI=1S/C29H32O5/c1-2-3-4-8-20-32-26-18-16-24(17-19-26)29(31)34-27-15-9-14-25(22-27)28(30)33-21-10-13-23-11-6-5-7-12-23/h5-7,9,11-12,14-19,22H,2-4,8,10,13,20-21H2,1H3. The Balaban J connectivity index is 1.45. The summed E-state index contributed by atoms with van der Waals surface area (Å²) >= 11 is 0. The second kappa shape index (κ2) is 13.8. The highest BCUT2D eigenvalue weighted by Gasteiger charge is 2.12. The normalized spacial score (nSPS) is 10.5. The van der Waals surface area contributed by atoms with E-state index in [1.165, 1.54) is 24.5 Å². The van der Waals surface area contributed by atoms with Gasteiger partial charge >= 0.3 is 11.9 Å². The van der Waals surface area contributed by atoms with Crippen LogP contribution in [0.2, 0.25) is 0 Å². The van der Waals surface area contributed by atoms with Crippen LogP contribution in [0.15, 0.2) is 78.9 Å². The molecule has 0 spiro atoms. The van der Waals surface area contributed by atoms with Crippen molar-refractivity contribution in [3.8, 4) is 11.5 Å². The average Bonchev–Trinajstić information content (AvgIpc) is 2.87. The van der Waals surface area contributed by atoms with Crippen LogP contribution in [0, 0.1) is 0 Å². The van der Waals surface area contributed by atoms with Crippen molar-refractivity contribution in [1.82, 2.24) is 0 Å². The first-order chi connectivity index (χ1) is 16.7. The molecular weight excluding hydrogens is 428 g/mol. The van der Waals surface area contributed by atoms with E-state index in [-0.39, 0.29) is 0 Å². The maximum atomic E-state index is 12.5. The maximum absolute atomic E-state index is 12.5. The number of rotatable bonds is 13. The third kappa shape index (κ3) is 8.39. The van der Waals surface area contributed by atoms with E-state index in [4.69, 9.17) is 14.2 Å². The smallest absolute Gasteiger partial charge is 0.343 e. The fourth-order valence-corrected chi connectivity index (χ4v) is 3.43. The van der Waals surface area contributed by atoms with Crippen molar-refractivity contribution in [1.29, 1.82) is 0 Å². The van der Waals surface area contributed by atoms with Gasteiger partial charge in [-0.15, -0.1) is 0 Å². The molecular formula is C29H32O5. The number of aryl methyl sites for hydroxylation is 1. The molecule has 0 N–H and O–H groups in total. The summed E-state index contributed by atoms with van der Waals surface area (Å²) in [5.74, 6) is 0.0827. The van der Waals surface area contributed by atoms with Gasteiger partial charge in [-0.1, -0.05) is 62.6 Å². The lowest BCUT2D eigenvalue weighted by atomic mass is 10.1. The third-order valence-electron chi connectivity index (χ3n) is 5.32. The van der Waals surface area contributed by atoms with Crippen LogP contribution in [0.5, 0.6) is 11.5 Å². The molecule has 0 saturated carbocycles. The number of carbonyl (C=O) groups is 2. The maximum Gasteiger partial charge on any atom is 0.343 e. The quantitative estimate of drug-likeness (QED) is 0.162. The summed E-state index contributed by atoms with van der Waals surface area (Å²) in [5.41, 5.74) is 1.96. The predicted molar refractivity (Wildman–Crippen MR) is 133 cm³/mol. The molecule has 5 heteroatoms. The summed E-state index contributed by atoms with van der Waals surface area (Å²) in [6, 6.07) is 23.4. The lowest BCUT2D eigenvalue weighted by Gasteiger charge is -2.09. The zero-order chi connectivity index (χ0) is 24.0. The highest BCUT2D eigenvalue weighted by atomic mass is 16.5. The number of hydrogen-bond donors (Lipinski definition) is 0. The molecule has 0 amide bonds. The Kier molecular flexibility index (Phi) is 10.2. The summed E-state index contributed by atoms with van der Waals surface area (Å²) in [6.07, 6.45) is 6.15. The number of esters is 2. The van der Waals surface area contributed by atoms with Crippen LogP contribution in [-0.2, 0) is 11.2 Å². The molecule has 0 radical (unpaired) electrons. The van der Waals surface area contributed by atoms with Crippen molar-refractivity contribution < 1.29 is 23.8 Å². The largest absolute Gasteiger partial charge is 0.494 e. The Labute approximate surface area is 201 Å². The second-order valence-electron chi connectivity index (χ2n) is 8.08. The Morgan fingerprint density at radius 1 is 0.676 bits per heavy atom. The molecule has 0 aromatic heterocycles. The highest BCUT2D eigenvalue weighted by molar-refractivity contribution is 5.92. The van der Waals surface area contributed by atoms with Crippen LogP contribution in [-0.4, -0.2) is 25.2 Å². The summed E-state index contributed by atoms with van der Waals surface area (Å²) in [6.45, 7) is 3.17. The van der Waals surface area contributed by atoms with Crippen molar-refractivity contribution in [2.24, 2.45) is 0 Å². The molecule has 3 rings (SSSR count). The van der Waals surface area contributed by atoms with Crippen LogP contribution in [0.4, 0.5) is 0 Å². The van der Waals surface area contributed by atoms with Crippen LogP contribution < -0.4 is 9.47 Å². The minimum absolute atomic E-state index is 0.292. The minimum atomic E-state index is -0.497. The van der Waals surface area contributed by atoms with E-state index in [0.717, 1.165) is 31.4 Å². The van der Waals surface area contributed by atoms with E-state index in [1.807, 2.05) is 18.2 Å². The van der Waals surface area contributed by atoms with E-state index < -0.39 is 11.9 Å². The van der Waals surface area contributed by atoms with Gasteiger partial charge in [-0.2, -0.15) is 0 Å². The molecule has 5 nitrogen and oxygen atoms in total. The molecule has 34 heavy (non-hydrogen) atoms. The second-order valence-corrected chi connectivity index (χ2v) is 8.08. The molecule has 0 saturated heterocycles. The Morgan fingerprint density at radius 2 is 1.47 bits per heavy atom. The number of carbonyl (C=O) groups excluding carboxylic acids is 2. The zero-order valence-electron chi connectivity index (χ0n) is 19.7.